The number of nitrogens with zero attached hydrogens (tertiary/aromatic N) is 2. The van der Waals surface area contributed by atoms with E-state index in [1.165, 1.54) is 51.4 Å². The van der Waals surface area contributed by atoms with Crippen molar-refractivity contribution in [2.45, 2.75) is 143 Å². The SMILES string of the molecule is CCCCCCCC[N+](CC)(CCCCCC[N+](CC)(CCCCCCCC)CC(O)CS(=O)(=O)O)CC(O)CS(=O)(=O)O. The quantitative estimate of drug-likeness (QED) is 0.0432. The van der Waals surface area contributed by atoms with Crippen molar-refractivity contribution in [3.8, 4) is 0 Å². The zero-order chi connectivity index (χ0) is 33.5. The first-order valence-electron chi connectivity index (χ1n) is 17.6. The maximum absolute atomic E-state index is 11.4. The molecule has 0 aliphatic heterocycles. The maximum Gasteiger partial charge on any atom is 0.267 e. The molecule has 0 aromatic heterocycles. The van der Waals surface area contributed by atoms with Gasteiger partial charge in [-0.05, 0) is 65.2 Å². The van der Waals surface area contributed by atoms with Crippen LogP contribution in [-0.4, -0.2) is 121 Å². The topological polar surface area (TPSA) is 149 Å². The largest absolute Gasteiger partial charge is 0.386 e. The summed E-state index contributed by atoms with van der Waals surface area (Å²) in [6, 6.07) is 0. The van der Waals surface area contributed by atoms with Gasteiger partial charge in [-0.25, -0.2) is 0 Å². The van der Waals surface area contributed by atoms with E-state index in [2.05, 4.69) is 27.7 Å². The Morgan fingerprint density at radius 1 is 0.455 bits per heavy atom. The number of rotatable bonds is 31. The molecule has 0 rings (SSSR count). The predicted octanol–water partition coefficient (Wildman–Crippen LogP) is 5.44. The van der Waals surface area contributed by atoms with E-state index in [0.29, 0.717) is 22.1 Å². The van der Waals surface area contributed by atoms with E-state index < -0.39 is 43.9 Å². The fourth-order valence-corrected chi connectivity index (χ4v) is 7.85. The van der Waals surface area contributed by atoms with Crippen LogP contribution in [0.1, 0.15) is 130 Å². The van der Waals surface area contributed by atoms with Gasteiger partial charge in [0.25, 0.3) is 20.2 Å². The summed E-state index contributed by atoms with van der Waals surface area (Å²) in [6.07, 6.45) is 15.6. The third-order valence-electron chi connectivity index (χ3n) is 9.33. The van der Waals surface area contributed by atoms with Crippen LogP contribution < -0.4 is 0 Å². The van der Waals surface area contributed by atoms with E-state index in [9.17, 15) is 36.2 Å². The summed E-state index contributed by atoms with van der Waals surface area (Å²) in [5.41, 5.74) is 0. The van der Waals surface area contributed by atoms with Gasteiger partial charge in [0.1, 0.15) is 36.8 Å². The number of hydrogen-bond acceptors (Lipinski definition) is 6. The fourth-order valence-electron chi connectivity index (χ4n) is 6.67. The van der Waals surface area contributed by atoms with Crippen LogP contribution in [0, 0.1) is 0 Å². The van der Waals surface area contributed by atoms with Crippen molar-refractivity contribution in [2.24, 2.45) is 0 Å². The van der Waals surface area contributed by atoms with Gasteiger partial charge in [-0.1, -0.05) is 65.2 Å². The number of hydrogen-bond donors (Lipinski definition) is 4. The molecule has 12 heteroatoms. The van der Waals surface area contributed by atoms with Crippen LogP contribution in [0.5, 0.6) is 0 Å². The first-order chi connectivity index (χ1) is 20.7. The molecule has 4 atom stereocenters. The Bertz CT molecular complexity index is 845. The summed E-state index contributed by atoms with van der Waals surface area (Å²) in [7, 11) is -8.49. The van der Waals surface area contributed by atoms with Crippen LogP contribution in [0.4, 0.5) is 0 Å². The Balaban J connectivity index is 5.18. The number of aliphatic hydroxyl groups is 2. The van der Waals surface area contributed by atoms with Crippen LogP contribution in [0.3, 0.4) is 0 Å². The molecule has 0 aromatic carbocycles. The van der Waals surface area contributed by atoms with Crippen LogP contribution in [-0.2, 0) is 20.2 Å². The molecule has 0 amide bonds. The third kappa shape index (κ3) is 23.1. The Labute approximate surface area is 271 Å². The molecule has 0 saturated carbocycles. The van der Waals surface area contributed by atoms with Crippen molar-refractivity contribution in [3.63, 3.8) is 0 Å². The van der Waals surface area contributed by atoms with E-state index in [1.54, 1.807) is 0 Å². The lowest BCUT2D eigenvalue weighted by Crippen LogP contribution is -2.54. The van der Waals surface area contributed by atoms with Gasteiger partial charge in [0.05, 0.1) is 39.3 Å². The lowest BCUT2D eigenvalue weighted by Gasteiger charge is -2.40. The third-order valence-corrected chi connectivity index (χ3v) is 10.9. The molecule has 0 bridgehead atoms. The molecule has 0 aromatic rings. The van der Waals surface area contributed by atoms with Crippen molar-refractivity contribution in [2.75, 3.05) is 63.9 Å². The van der Waals surface area contributed by atoms with Crippen molar-refractivity contribution in [1.82, 2.24) is 0 Å². The minimum absolute atomic E-state index is 0.311. The van der Waals surface area contributed by atoms with Gasteiger partial charge in [0.2, 0.25) is 0 Å². The van der Waals surface area contributed by atoms with E-state index in [0.717, 1.165) is 90.6 Å². The summed E-state index contributed by atoms with van der Waals surface area (Å²) >= 11 is 0. The van der Waals surface area contributed by atoms with E-state index in [1.807, 2.05) is 0 Å². The molecule has 0 radical (unpaired) electrons. The number of unbranched alkanes of at least 4 members (excludes halogenated alkanes) is 13. The fraction of sp³-hybridized carbons (Fsp3) is 1.00. The van der Waals surface area contributed by atoms with Crippen molar-refractivity contribution in [1.29, 1.82) is 0 Å². The van der Waals surface area contributed by atoms with Gasteiger partial charge in [-0.15, -0.1) is 0 Å². The lowest BCUT2D eigenvalue weighted by molar-refractivity contribution is -0.930. The molecule has 10 nitrogen and oxygen atoms in total. The predicted molar refractivity (Wildman–Crippen MR) is 181 cm³/mol. The number of likely N-dealkylation sites (N-methyl/N-ethyl adjacent to an activating group) is 2. The van der Waals surface area contributed by atoms with Gasteiger partial charge >= 0.3 is 0 Å². The minimum Gasteiger partial charge on any atom is -0.386 e. The summed E-state index contributed by atoms with van der Waals surface area (Å²) in [6.45, 7) is 14.2. The van der Waals surface area contributed by atoms with Crippen LogP contribution in [0.2, 0.25) is 0 Å². The Morgan fingerprint density at radius 2 is 0.705 bits per heavy atom. The molecule has 4 unspecified atom stereocenters. The highest BCUT2D eigenvalue weighted by Gasteiger charge is 2.32. The minimum atomic E-state index is -4.25. The van der Waals surface area contributed by atoms with Gasteiger partial charge in [-0.3, -0.25) is 9.11 Å². The summed E-state index contributed by atoms with van der Waals surface area (Å²) in [5.74, 6) is -1.27. The van der Waals surface area contributed by atoms with Gasteiger partial charge in [0, 0.05) is 0 Å². The molecule has 44 heavy (non-hydrogen) atoms. The molecule has 4 N–H and O–H groups in total. The highest BCUT2D eigenvalue weighted by Crippen LogP contribution is 2.19. The zero-order valence-corrected chi connectivity index (χ0v) is 30.3. The van der Waals surface area contributed by atoms with Crippen molar-refractivity contribution >= 4 is 20.2 Å². The van der Waals surface area contributed by atoms with Gasteiger partial charge in [-0.2, -0.15) is 16.8 Å². The summed E-state index contributed by atoms with van der Waals surface area (Å²) in [5, 5.41) is 21.0. The molecule has 0 heterocycles. The van der Waals surface area contributed by atoms with Crippen LogP contribution in [0.15, 0.2) is 0 Å². The molecule has 0 fully saturated rings. The summed E-state index contributed by atoms with van der Waals surface area (Å²) < 4.78 is 65.4. The standard InChI is InChI=1S/C32H68N2O8S2/c1-5-9-11-13-15-19-23-33(7-3,27-31(35)29-43(37,38)39)25-21-17-18-22-26-34(8-4,24-20-16-14-12-10-6-2)28-32(36)30-44(40,41)42/h31-32,35-36H,5-30H2,1-4H3/p+2. The second-order valence-corrected chi connectivity index (χ2v) is 16.3. The molecule has 0 aliphatic rings. The van der Waals surface area contributed by atoms with E-state index in [4.69, 9.17) is 0 Å². The first kappa shape index (κ1) is 43.7. The number of quaternary nitrogens is 2. The molecule has 266 valence electrons. The average Bonchev–Trinajstić information content (AvgIpc) is 2.91. The second-order valence-electron chi connectivity index (χ2n) is 13.3. The monoisotopic (exact) mass is 674 g/mol. The van der Waals surface area contributed by atoms with Crippen LogP contribution >= 0.6 is 0 Å². The van der Waals surface area contributed by atoms with Crippen molar-refractivity contribution < 1.29 is 45.1 Å². The lowest BCUT2D eigenvalue weighted by atomic mass is 10.1. The smallest absolute Gasteiger partial charge is 0.267 e. The molecule has 0 saturated heterocycles. The van der Waals surface area contributed by atoms with E-state index >= 15 is 0 Å². The second kappa shape index (κ2) is 23.9. The Morgan fingerprint density at radius 3 is 0.932 bits per heavy atom. The highest BCUT2D eigenvalue weighted by molar-refractivity contribution is 7.86. The van der Waals surface area contributed by atoms with Crippen molar-refractivity contribution in [3.05, 3.63) is 0 Å². The first-order valence-corrected chi connectivity index (χ1v) is 20.8. The van der Waals surface area contributed by atoms with Gasteiger partial charge in [0.15, 0.2) is 0 Å². The Kier molecular flexibility index (Phi) is 23.7. The average molecular weight is 675 g/mol. The molecular formula is C32H70N2O8S2+2. The molecular weight excluding hydrogens is 604 g/mol. The summed E-state index contributed by atoms with van der Waals surface area (Å²) in [4.78, 5) is 0. The zero-order valence-electron chi connectivity index (χ0n) is 28.7. The highest BCUT2D eigenvalue weighted by atomic mass is 32.2. The van der Waals surface area contributed by atoms with Gasteiger partial charge < -0.3 is 19.2 Å². The Hall–Kier alpha value is -0.340. The van der Waals surface area contributed by atoms with E-state index in [-0.39, 0.29) is 0 Å². The number of aliphatic hydroxyl groups excluding tert-OH is 2. The molecule has 0 aliphatic carbocycles. The van der Waals surface area contributed by atoms with Crippen LogP contribution in [0.25, 0.3) is 0 Å². The molecule has 0 spiro atoms. The maximum atomic E-state index is 11.4. The normalized spacial score (nSPS) is 16.8.